The minimum absolute atomic E-state index is 0.299. The molecule has 0 aliphatic carbocycles. The van der Waals surface area contributed by atoms with E-state index in [0.29, 0.717) is 13.2 Å². The molecule has 0 spiro atoms. The summed E-state index contributed by atoms with van der Waals surface area (Å²) in [4.78, 5) is 0. The van der Waals surface area contributed by atoms with E-state index >= 15 is 0 Å². The second-order valence-electron chi connectivity index (χ2n) is 5.23. The Hall–Kier alpha value is -1.06. The molecule has 1 rings (SSSR count). The molecule has 0 aliphatic rings. The van der Waals surface area contributed by atoms with Crippen molar-refractivity contribution < 1.29 is 9.84 Å². The van der Waals surface area contributed by atoms with Crippen LogP contribution < -0.4 is 10.1 Å². The standard InChI is InChI=1S/C15H25NO2/c1-5-8-16-10-15(4,17)11-18-14-7-6-12(2)9-13(14)3/h6-7,9,16-17H,5,8,10-11H2,1-4H3. The van der Waals surface area contributed by atoms with Gasteiger partial charge < -0.3 is 15.2 Å². The maximum Gasteiger partial charge on any atom is 0.122 e. The largest absolute Gasteiger partial charge is 0.490 e. The van der Waals surface area contributed by atoms with Gasteiger partial charge in [0.15, 0.2) is 0 Å². The van der Waals surface area contributed by atoms with Crippen LogP contribution in [-0.4, -0.2) is 30.4 Å². The molecule has 0 saturated carbocycles. The van der Waals surface area contributed by atoms with Gasteiger partial charge in [-0.05, 0) is 45.4 Å². The van der Waals surface area contributed by atoms with Crippen molar-refractivity contribution in [3.05, 3.63) is 29.3 Å². The molecule has 1 aromatic carbocycles. The predicted molar refractivity (Wildman–Crippen MR) is 75.2 cm³/mol. The summed E-state index contributed by atoms with van der Waals surface area (Å²) in [5.41, 5.74) is 1.48. The summed E-state index contributed by atoms with van der Waals surface area (Å²) in [7, 11) is 0. The topological polar surface area (TPSA) is 41.5 Å². The number of ether oxygens (including phenoxy) is 1. The fourth-order valence-electron chi connectivity index (χ4n) is 1.78. The van der Waals surface area contributed by atoms with Crippen LogP contribution in [0.25, 0.3) is 0 Å². The summed E-state index contributed by atoms with van der Waals surface area (Å²) in [6.07, 6.45) is 1.06. The third-order valence-electron chi connectivity index (χ3n) is 2.80. The lowest BCUT2D eigenvalue weighted by atomic mass is 10.1. The van der Waals surface area contributed by atoms with Crippen molar-refractivity contribution in [2.45, 2.75) is 39.7 Å². The first-order chi connectivity index (χ1) is 8.44. The molecule has 0 fully saturated rings. The van der Waals surface area contributed by atoms with E-state index < -0.39 is 5.60 Å². The van der Waals surface area contributed by atoms with Crippen molar-refractivity contribution in [2.24, 2.45) is 0 Å². The summed E-state index contributed by atoms with van der Waals surface area (Å²) >= 11 is 0. The van der Waals surface area contributed by atoms with E-state index in [9.17, 15) is 5.11 Å². The highest BCUT2D eigenvalue weighted by Gasteiger charge is 2.21. The number of aliphatic hydroxyl groups is 1. The van der Waals surface area contributed by atoms with Gasteiger partial charge in [-0.15, -0.1) is 0 Å². The SMILES string of the molecule is CCCNCC(C)(O)COc1ccc(C)cc1C. The van der Waals surface area contributed by atoms with Crippen molar-refractivity contribution in [3.63, 3.8) is 0 Å². The molecule has 3 nitrogen and oxygen atoms in total. The summed E-state index contributed by atoms with van der Waals surface area (Å²) in [5.74, 6) is 0.844. The minimum atomic E-state index is -0.841. The molecular formula is C15H25NO2. The van der Waals surface area contributed by atoms with E-state index in [4.69, 9.17) is 4.74 Å². The third-order valence-corrected chi connectivity index (χ3v) is 2.80. The summed E-state index contributed by atoms with van der Waals surface area (Å²) in [6.45, 7) is 9.74. The van der Waals surface area contributed by atoms with E-state index in [1.807, 2.05) is 19.1 Å². The molecule has 102 valence electrons. The molecule has 0 bridgehead atoms. The lowest BCUT2D eigenvalue weighted by Crippen LogP contribution is -2.43. The summed E-state index contributed by atoms with van der Waals surface area (Å²) < 4.78 is 5.70. The van der Waals surface area contributed by atoms with Gasteiger partial charge in [0, 0.05) is 6.54 Å². The number of rotatable bonds is 7. The van der Waals surface area contributed by atoms with Gasteiger partial charge in [-0.2, -0.15) is 0 Å². The van der Waals surface area contributed by atoms with Crippen LogP contribution in [0.4, 0.5) is 0 Å². The minimum Gasteiger partial charge on any atom is -0.490 e. The van der Waals surface area contributed by atoms with Gasteiger partial charge in [0.05, 0.1) is 0 Å². The molecule has 1 unspecified atom stereocenters. The van der Waals surface area contributed by atoms with E-state index in [1.54, 1.807) is 6.92 Å². The van der Waals surface area contributed by atoms with Crippen LogP contribution in [0.15, 0.2) is 18.2 Å². The Morgan fingerprint density at radius 1 is 1.33 bits per heavy atom. The number of nitrogens with one attached hydrogen (secondary N) is 1. The van der Waals surface area contributed by atoms with E-state index in [0.717, 1.165) is 24.3 Å². The second kappa shape index (κ2) is 6.76. The second-order valence-corrected chi connectivity index (χ2v) is 5.23. The maximum absolute atomic E-state index is 10.2. The van der Waals surface area contributed by atoms with Crippen LogP contribution in [0.5, 0.6) is 5.75 Å². The highest BCUT2D eigenvalue weighted by molar-refractivity contribution is 5.35. The third kappa shape index (κ3) is 5.07. The Labute approximate surface area is 110 Å². The normalized spacial score (nSPS) is 14.3. The molecule has 0 radical (unpaired) electrons. The van der Waals surface area contributed by atoms with E-state index in [1.165, 1.54) is 5.56 Å². The van der Waals surface area contributed by atoms with Crippen LogP contribution in [0.2, 0.25) is 0 Å². The monoisotopic (exact) mass is 251 g/mol. The predicted octanol–water partition coefficient (Wildman–Crippen LogP) is 2.43. The zero-order valence-electron chi connectivity index (χ0n) is 11.9. The maximum atomic E-state index is 10.2. The van der Waals surface area contributed by atoms with Gasteiger partial charge in [-0.3, -0.25) is 0 Å². The zero-order chi connectivity index (χ0) is 13.6. The molecule has 2 N–H and O–H groups in total. The van der Waals surface area contributed by atoms with E-state index in [2.05, 4.69) is 25.2 Å². The molecule has 18 heavy (non-hydrogen) atoms. The number of hydrogen-bond donors (Lipinski definition) is 2. The van der Waals surface area contributed by atoms with Crippen molar-refractivity contribution in [1.29, 1.82) is 0 Å². The fourth-order valence-corrected chi connectivity index (χ4v) is 1.78. The van der Waals surface area contributed by atoms with Crippen molar-refractivity contribution in [3.8, 4) is 5.75 Å². The summed E-state index contributed by atoms with van der Waals surface area (Å²) in [6, 6.07) is 6.06. The molecule has 0 heterocycles. The van der Waals surface area contributed by atoms with Crippen LogP contribution in [0, 0.1) is 13.8 Å². The van der Waals surface area contributed by atoms with Gasteiger partial charge >= 0.3 is 0 Å². The van der Waals surface area contributed by atoms with E-state index in [-0.39, 0.29) is 0 Å². The van der Waals surface area contributed by atoms with Gasteiger partial charge in [-0.25, -0.2) is 0 Å². The average molecular weight is 251 g/mol. The highest BCUT2D eigenvalue weighted by Crippen LogP contribution is 2.19. The molecule has 3 heteroatoms. The van der Waals surface area contributed by atoms with Gasteiger partial charge in [0.1, 0.15) is 18.0 Å². The summed E-state index contributed by atoms with van der Waals surface area (Å²) in [5, 5.41) is 13.4. The first-order valence-corrected chi connectivity index (χ1v) is 6.58. The Bertz CT molecular complexity index is 375. The fraction of sp³-hybridized carbons (Fsp3) is 0.600. The molecule has 1 aromatic rings. The Balaban J connectivity index is 2.48. The molecule has 0 amide bonds. The first kappa shape index (κ1) is 15.0. The lowest BCUT2D eigenvalue weighted by Gasteiger charge is -2.24. The van der Waals surface area contributed by atoms with Crippen LogP contribution >= 0.6 is 0 Å². The van der Waals surface area contributed by atoms with Gasteiger partial charge in [0.2, 0.25) is 0 Å². The molecule has 0 saturated heterocycles. The average Bonchev–Trinajstić information content (AvgIpc) is 2.28. The Morgan fingerprint density at radius 3 is 2.67 bits per heavy atom. The molecular weight excluding hydrogens is 226 g/mol. The Morgan fingerprint density at radius 2 is 2.06 bits per heavy atom. The Kier molecular flexibility index (Phi) is 5.63. The zero-order valence-corrected chi connectivity index (χ0v) is 11.9. The van der Waals surface area contributed by atoms with Crippen molar-refractivity contribution in [1.82, 2.24) is 5.32 Å². The van der Waals surface area contributed by atoms with Gasteiger partial charge in [0.25, 0.3) is 0 Å². The van der Waals surface area contributed by atoms with Crippen LogP contribution in [0.3, 0.4) is 0 Å². The number of aryl methyl sites for hydroxylation is 2. The smallest absolute Gasteiger partial charge is 0.122 e. The first-order valence-electron chi connectivity index (χ1n) is 6.58. The molecule has 0 aliphatic heterocycles. The molecule has 0 aromatic heterocycles. The number of hydrogen-bond acceptors (Lipinski definition) is 3. The van der Waals surface area contributed by atoms with Crippen LogP contribution in [0.1, 0.15) is 31.4 Å². The quantitative estimate of drug-likeness (QED) is 0.731. The van der Waals surface area contributed by atoms with Gasteiger partial charge in [-0.1, -0.05) is 24.6 Å². The lowest BCUT2D eigenvalue weighted by molar-refractivity contribution is 0.0123. The van der Waals surface area contributed by atoms with Crippen LogP contribution in [-0.2, 0) is 0 Å². The highest BCUT2D eigenvalue weighted by atomic mass is 16.5. The number of benzene rings is 1. The van der Waals surface area contributed by atoms with Crippen molar-refractivity contribution >= 4 is 0 Å². The van der Waals surface area contributed by atoms with Crippen molar-refractivity contribution in [2.75, 3.05) is 19.7 Å². The molecule has 1 atom stereocenters.